The Kier molecular flexibility index (Phi) is 3.70. The molecule has 0 atom stereocenters. The van der Waals surface area contributed by atoms with Gasteiger partial charge in [-0.25, -0.2) is 9.50 Å². The van der Waals surface area contributed by atoms with E-state index in [9.17, 15) is 5.21 Å². The third-order valence-electron chi connectivity index (χ3n) is 2.86. The highest BCUT2D eigenvalue weighted by Crippen LogP contribution is 2.25. The Morgan fingerprint density at radius 1 is 1.40 bits per heavy atom. The standard InChI is InChI=1S/C13H12N4OS2/c1-9-12(20-13-14-8-15-17(9)13)11(16-18)7-19-10-5-3-2-4-6-10/h2-6,8,18H,7H2,1H3/b16-11-. The van der Waals surface area contributed by atoms with Crippen LogP contribution in [0.25, 0.3) is 4.96 Å². The van der Waals surface area contributed by atoms with Gasteiger partial charge in [-0.1, -0.05) is 34.7 Å². The van der Waals surface area contributed by atoms with Crippen molar-refractivity contribution in [2.45, 2.75) is 11.8 Å². The molecule has 0 spiro atoms. The second-order valence-electron chi connectivity index (χ2n) is 4.12. The minimum atomic E-state index is 0.602. The van der Waals surface area contributed by atoms with Gasteiger partial charge in [0.2, 0.25) is 4.96 Å². The van der Waals surface area contributed by atoms with Crippen molar-refractivity contribution in [3.8, 4) is 0 Å². The summed E-state index contributed by atoms with van der Waals surface area (Å²) >= 11 is 3.12. The molecule has 0 fully saturated rings. The smallest absolute Gasteiger partial charge is 0.212 e. The Morgan fingerprint density at radius 3 is 2.90 bits per heavy atom. The monoisotopic (exact) mass is 304 g/mol. The Bertz CT molecular complexity index is 748. The van der Waals surface area contributed by atoms with Crippen LogP contribution in [-0.2, 0) is 0 Å². The van der Waals surface area contributed by atoms with Crippen LogP contribution in [0.2, 0.25) is 0 Å². The maximum atomic E-state index is 9.28. The molecule has 0 unspecified atom stereocenters. The van der Waals surface area contributed by atoms with Crippen molar-refractivity contribution in [3.63, 3.8) is 0 Å². The molecule has 0 amide bonds. The van der Waals surface area contributed by atoms with E-state index in [0.29, 0.717) is 11.5 Å². The first kappa shape index (κ1) is 13.1. The van der Waals surface area contributed by atoms with Gasteiger partial charge in [-0.3, -0.25) is 0 Å². The maximum absolute atomic E-state index is 9.28. The van der Waals surface area contributed by atoms with Gasteiger partial charge in [0.15, 0.2) is 0 Å². The lowest BCUT2D eigenvalue weighted by Gasteiger charge is -2.03. The molecule has 0 saturated carbocycles. The fourth-order valence-corrected chi connectivity index (χ4v) is 3.83. The van der Waals surface area contributed by atoms with Gasteiger partial charge < -0.3 is 5.21 Å². The summed E-state index contributed by atoms with van der Waals surface area (Å²) < 4.78 is 1.76. The van der Waals surface area contributed by atoms with Crippen LogP contribution in [-0.4, -0.2) is 31.3 Å². The summed E-state index contributed by atoms with van der Waals surface area (Å²) in [6, 6.07) is 10.0. The fourth-order valence-electron chi connectivity index (χ4n) is 1.87. The molecule has 2 aromatic heterocycles. The van der Waals surface area contributed by atoms with Gasteiger partial charge in [-0.15, -0.1) is 11.8 Å². The van der Waals surface area contributed by atoms with Crippen molar-refractivity contribution < 1.29 is 5.21 Å². The number of aromatic nitrogens is 3. The molecule has 2 heterocycles. The maximum Gasteiger partial charge on any atom is 0.212 e. The zero-order chi connectivity index (χ0) is 13.9. The van der Waals surface area contributed by atoms with Gasteiger partial charge in [0.25, 0.3) is 0 Å². The molecule has 0 aliphatic rings. The number of fused-ring (bicyclic) bond motifs is 1. The Balaban J connectivity index is 1.83. The minimum Gasteiger partial charge on any atom is -0.411 e. The quantitative estimate of drug-likeness (QED) is 0.348. The zero-order valence-electron chi connectivity index (χ0n) is 10.7. The van der Waals surface area contributed by atoms with Gasteiger partial charge in [0, 0.05) is 10.6 Å². The number of hydrogen-bond donors (Lipinski definition) is 1. The molecule has 3 aromatic rings. The van der Waals surface area contributed by atoms with Crippen molar-refractivity contribution in [1.29, 1.82) is 0 Å². The lowest BCUT2D eigenvalue weighted by molar-refractivity contribution is 0.319. The third kappa shape index (κ3) is 2.41. The second kappa shape index (κ2) is 5.64. The average molecular weight is 304 g/mol. The molecule has 0 bridgehead atoms. The molecule has 20 heavy (non-hydrogen) atoms. The van der Waals surface area contributed by atoms with Gasteiger partial charge >= 0.3 is 0 Å². The summed E-state index contributed by atoms with van der Waals surface area (Å²) in [6.45, 7) is 1.95. The highest BCUT2D eigenvalue weighted by molar-refractivity contribution is 8.00. The first-order chi connectivity index (χ1) is 9.79. The predicted octanol–water partition coefficient (Wildman–Crippen LogP) is 3.07. The molecule has 7 heteroatoms. The van der Waals surface area contributed by atoms with E-state index in [4.69, 9.17) is 0 Å². The summed E-state index contributed by atoms with van der Waals surface area (Å²) in [6.07, 6.45) is 1.52. The Labute approximate surface area is 124 Å². The lowest BCUT2D eigenvalue weighted by atomic mass is 10.3. The number of oxime groups is 1. The molecule has 0 aliphatic carbocycles. The second-order valence-corrected chi connectivity index (χ2v) is 6.15. The zero-order valence-corrected chi connectivity index (χ0v) is 12.4. The summed E-state index contributed by atoms with van der Waals surface area (Å²) in [4.78, 5) is 7.04. The largest absolute Gasteiger partial charge is 0.411 e. The molecule has 0 saturated heterocycles. The molecule has 0 aliphatic heterocycles. The summed E-state index contributed by atoms with van der Waals surface area (Å²) in [5.74, 6) is 0.602. The minimum absolute atomic E-state index is 0.602. The highest BCUT2D eigenvalue weighted by atomic mass is 32.2. The van der Waals surface area contributed by atoms with Gasteiger partial charge in [-0.2, -0.15) is 5.10 Å². The molecular weight excluding hydrogens is 292 g/mol. The number of nitrogens with zero attached hydrogens (tertiary/aromatic N) is 4. The molecular formula is C13H12N4OS2. The van der Waals surface area contributed by atoms with Gasteiger partial charge in [0.05, 0.1) is 10.6 Å². The van der Waals surface area contributed by atoms with E-state index >= 15 is 0 Å². The van der Waals surface area contributed by atoms with E-state index in [1.54, 1.807) is 16.3 Å². The van der Waals surface area contributed by atoms with Crippen LogP contribution in [0.4, 0.5) is 0 Å². The molecule has 5 nitrogen and oxygen atoms in total. The van der Waals surface area contributed by atoms with Crippen molar-refractivity contribution in [3.05, 3.63) is 47.2 Å². The van der Waals surface area contributed by atoms with E-state index in [1.807, 2.05) is 37.3 Å². The summed E-state index contributed by atoms with van der Waals surface area (Å²) in [5, 5.41) is 16.9. The first-order valence-corrected chi connectivity index (χ1v) is 7.78. The number of rotatable bonds is 4. The first-order valence-electron chi connectivity index (χ1n) is 5.98. The van der Waals surface area contributed by atoms with Crippen LogP contribution in [0.1, 0.15) is 10.6 Å². The molecule has 3 rings (SSSR count). The van der Waals surface area contributed by atoms with E-state index in [0.717, 1.165) is 20.4 Å². The fraction of sp³-hybridized carbons (Fsp3) is 0.154. The topological polar surface area (TPSA) is 62.8 Å². The predicted molar refractivity (Wildman–Crippen MR) is 81.1 cm³/mol. The number of aryl methyl sites for hydroxylation is 1. The summed E-state index contributed by atoms with van der Waals surface area (Å²) in [5.41, 5.74) is 1.60. The average Bonchev–Trinajstić information content (AvgIpc) is 3.05. The Morgan fingerprint density at radius 2 is 2.20 bits per heavy atom. The number of thiazole rings is 1. The van der Waals surface area contributed by atoms with Crippen LogP contribution >= 0.6 is 23.1 Å². The van der Waals surface area contributed by atoms with E-state index in [-0.39, 0.29) is 0 Å². The molecule has 1 aromatic carbocycles. The number of hydrogen-bond acceptors (Lipinski definition) is 6. The van der Waals surface area contributed by atoms with Crippen molar-refractivity contribution >= 4 is 33.8 Å². The van der Waals surface area contributed by atoms with Crippen LogP contribution in [0.3, 0.4) is 0 Å². The SMILES string of the molecule is Cc1c(/C(CSc2ccccc2)=N\O)sc2ncnn12. The van der Waals surface area contributed by atoms with Crippen LogP contribution < -0.4 is 0 Å². The van der Waals surface area contributed by atoms with Crippen molar-refractivity contribution in [1.82, 2.24) is 14.6 Å². The normalized spacial score (nSPS) is 12.2. The summed E-state index contributed by atoms with van der Waals surface area (Å²) in [7, 11) is 0. The number of thioether (sulfide) groups is 1. The van der Waals surface area contributed by atoms with Crippen molar-refractivity contribution in [2.75, 3.05) is 5.75 Å². The molecule has 0 radical (unpaired) electrons. The van der Waals surface area contributed by atoms with Crippen molar-refractivity contribution in [2.24, 2.45) is 5.16 Å². The van der Waals surface area contributed by atoms with E-state index < -0.39 is 0 Å². The van der Waals surface area contributed by atoms with Crippen LogP contribution in [0.15, 0.2) is 46.7 Å². The molecule has 102 valence electrons. The van der Waals surface area contributed by atoms with Crippen LogP contribution in [0.5, 0.6) is 0 Å². The van der Waals surface area contributed by atoms with Crippen LogP contribution in [0, 0.1) is 6.92 Å². The lowest BCUT2D eigenvalue weighted by Crippen LogP contribution is -2.05. The van der Waals surface area contributed by atoms with Gasteiger partial charge in [-0.05, 0) is 19.1 Å². The van der Waals surface area contributed by atoms with E-state index in [1.165, 1.54) is 17.7 Å². The third-order valence-corrected chi connectivity index (χ3v) is 5.08. The number of benzene rings is 1. The van der Waals surface area contributed by atoms with E-state index in [2.05, 4.69) is 15.2 Å². The highest BCUT2D eigenvalue weighted by Gasteiger charge is 2.16. The molecule has 1 N–H and O–H groups in total. The van der Waals surface area contributed by atoms with Gasteiger partial charge in [0.1, 0.15) is 12.0 Å². The Hall–Kier alpha value is -1.86.